The van der Waals surface area contributed by atoms with Crippen molar-refractivity contribution < 1.29 is 32.5 Å². The van der Waals surface area contributed by atoms with Crippen molar-refractivity contribution in [3.8, 4) is 23.4 Å². The lowest BCUT2D eigenvalue weighted by molar-refractivity contribution is 0.0601. The van der Waals surface area contributed by atoms with Crippen LogP contribution in [-0.4, -0.2) is 63.1 Å². The Kier molecular flexibility index (Phi) is 6.97. The Morgan fingerprint density at radius 1 is 1.26 bits per heavy atom. The summed E-state index contributed by atoms with van der Waals surface area (Å²) in [6.07, 6.45) is 1.32. The van der Waals surface area contributed by atoms with Crippen molar-refractivity contribution in [2.45, 2.75) is 19.4 Å². The highest BCUT2D eigenvalue weighted by molar-refractivity contribution is 7.91. The highest BCUT2D eigenvalue weighted by Crippen LogP contribution is 2.36. The van der Waals surface area contributed by atoms with Crippen LogP contribution in [0.25, 0.3) is 0 Å². The second kappa shape index (κ2) is 9.56. The smallest absolute Gasteiger partial charge is 0.340 e. The van der Waals surface area contributed by atoms with Gasteiger partial charge < -0.3 is 19.3 Å². The number of ether oxygens (including phenoxy) is 3. The number of aromatic hydroxyl groups is 1. The first-order valence-electron chi connectivity index (χ1n) is 10.1. The van der Waals surface area contributed by atoms with E-state index in [2.05, 4.69) is 4.99 Å². The Bertz CT molecular complexity index is 1390. The van der Waals surface area contributed by atoms with Crippen molar-refractivity contribution in [3.05, 3.63) is 44.7 Å². The van der Waals surface area contributed by atoms with Crippen LogP contribution in [-0.2, 0) is 14.6 Å². The first-order valence-corrected chi connectivity index (χ1v) is 11.9. The molecular formula is C22H23N3O8S. The number of nitriles is 1. The van der Waals surface area contributed by atoms with Gasteiger partial charge in [-0.2, -0.15) is 5.26 Å². The van der Waals surface area contributed by atoms with E-state index in [4.69, 9.17) is 14.2 Å². The largest absolute Gasteiger partial charge is 0.494 e. The second-order valence-corrected chi connectivity index (χ2v) is 9.78. The van der Waals surface area contributed by atoms with Crippen molar-refractivity contribution in [2.24, 2.45) is 4.99 Å². The Balaban J connectivity index is 2.21. The molecule has 34 heavy (non-hydrogen) atoms. The molecule has 0 aliphatic carbocycles. The number of aromatic nitrogens is 1. The zero-order chi connectivity index (χ0) is 25.2. The zero-order valence-corrected chi connectivity index (χ0v) is 19.8. The molecule has 1 aliphatic rings. The summed E-state index contributed by atoms with van der Waals surface area (Å²) in [6, 6.07) is 3.82. The summed E-state index contributed by atoms with van der Waals surface area (Å²) in [7, 11) is 0.638. The maximum Gasteiger partial charge on any atom is 0.340 e. The molecule has 12 heteroatoms. The van der Waals surface area contributed by atoms with Gasteiger partial charge in [-0.15, -0.1) is 0 Å². The van der Waals surface area contributed by atoms with Gasteiger partial charge in [-0.25, -0.2) is 13.2 Å². The summed E-state index contributed by atoms with van der Waals surface area (Å²) >= 11 is 0. The third kappa shape index (κ3) is 4.47. The van der Waals surface area contributed by atoms with Crippen molar-refractivity contribution in [1.29, 1.82) is 5.26 Å². The monoisotopic (exact) mass is 489 g/mol. The number of pyridine rings is 1. The Morgan fingerprint density at radius 2 is 1.91 bits per heavy atom. The van der Waals surface area contributed by atoms with Gasteiger partial charge in [-0.1, -0.05) is 0 Å². The molecule has 0 radical (unpaired) electrons. The highest BCUT2D eigenvalue weighted by Gasteiger charge is 2.33. The minimum absolute atomic E-state index is 0.0334. The molecule has 1 atom stereocenters. The number of rotatable bonds is 6. The van der Waals surface area contributed by atoms with Crippen LogP contribution in [0.3, 0.4) is 0 Å². The number of aliphatic imine (C=N–C) groups is 1. The Hall–Kier alpha value is -3.85. The predicted molar refractivity (Wildman–Crippen MR) is 122 cm³/mol. The SMILES string of the molecule is COC(=O)c1cc(OC)c(OC)cc1N=Cc1c(C)c(C#N)c(=O)n([C@H]2CCS(=O)(=O)C2)c1O. The molecule has 0 unspecified atom stereocenters. The van der Waals surface area contributed by atoms with Gasteiger partial charge in [0.05, 0.1) is 55.7 Å². The number of esters is 1. The molecule has 0 saturated carbocycles. The van der Waals surface area contributed by atoms with Crippen LogP contribution in [0.15, 0.2) is 21.9 Å². The average molecular weight is 490 g/mol. The van der Waals surface area contributed by atoms with Gasteiger partial charge in [0.15, 0.2) is 21.3 Å². The normalized spacial score (nSPS) is 16.9. The van der Waals surface area contributed by atoms with Crippen LogP contribution >= 0.6 is 0 Å². The molecule has 0 amide bonds. The van der Waals surface area contributed by atoms with E-state index >= 15 is 0 Å². The molecule has 1 saturated heterocycles. The van der Waals surface area contributed by atoms with E-state index in [0.29, 0.717) is 0 Å². The van der Waals surface area contributed by atoms with Gasteiger partial charge in [0, 0.05) is 18.3 Å². The molecule has 11 nitrogen and oxygen atoms in total. The van der Waals surface area contributed by atoms with Crippen molar-refractivity contribution in [1.82, 2.24) is 4.57 Å². The number of methoxy groups -OCH3 is 3. The fraction of sp³-hybridized carbons (Fsp3) is 0.364. The fourth-order valence-electron chi connectivity index (χ4n) is 3.80. The maximum atomic E-state index is 12.9. The lowest BCUT2D eigenvalue weighted by Gasteiger charge is -2.18. The Labute approximate surface area is 195 Å². The molecule has 1 aromatic heterocycles. The third-order valence-corrected chi connectivity index (χ3v) is 7.36. The van der Waals surface area contributed by atoms with Gasteiger partial charge in [0.25, 0.3) is 5.56 Å². The minimum atomic E-state index is -3.37. The summed E-state index contributed by atoms with van der Waals surface area (Å²) in [5.41, 5.74) is -0.675. The first kappa shape index (κ1) is 24.8. The average Bonchev–Trinajstić information content (AvgIpc) is 3.17. The highest BCUT2D eigenvalue weighted by atomic mass is 32.2. The van der Waals surface area contributed by atoms with Crippen molar-refractivity contribution in [2.75, 3.05) is 32.8 Å². The van der Waals surface area contributed by atoms with Crippen LogP contribution in [0.4, 0.5) is 5.69 Å². The standard InChI is InChI=1S/C22H23N3O8S/c1-12-15(9-23)20(26)25(13-5-6-34(29,30)11-13)21(27)16(12)10-24-17-8-19(32-3)18(31-2)7-14(17)22(28)33-4/h7-8,10,13,27H,5-6,11H2,1-4H3/t13-/m0/s1. The van der Waals surface area contributed by atoms with E-state index in [0.717, 1.165) is 4.57 Å². The molecule has 3 rings (SSSR count). The fourth-order valence-corrected chi connectivity index (χ4v) is 5.50. The van der Waals surface area contributed by atoms with Gasteiger partial charge in [0.1, 0.15) is 11.6 Å². The molecule has 1 fully saturated rings. The topological polar surface area (TPSA) is 157 Å². The Morgan fingerprint density at radius 3 is 2.44 bits per heavy atom. The van der Waals surface area contributed by atoms with Crippen LogP contribution in [0, 0.1) is 18.3 Å². The molecule has 1 aromatic carbocycles. The molecule has 1 aliphatic heterocycles. The quantitative estimate of drug-likeness (QED) is 0.470. The number of carbonyl (C=O) groups is 1. The summed E-state index contributed by atoms with van der Waals surface area (Å²) in [5.74, 6) is -1.13. The number of hydrogen-bond acceptors (Lipinski definition) is 10. The van der Waals surface area contributed by atoms with Crippen LogP contribution in [0.1, 0.15) is 39.5 Å². The molecule has 0 spiro atoms. The molecule has 180 valence electrons. The molecular weight excluding hydrogens is 466 g/mol. The minimum Gasteiger partial charge on any atom is -0.494 e. The number of benzene rings is 1. The second-order valence-electron chi connectivity index (χ2n) is 7.56. The lowest BCUT2D eigenvalue weighted by Crippen LogP contribution is -2.29. The van der Waals surface area contributed by atoms with E-state index < -0.39 is 33.3 Å². The van der Waals surface area contributed by atoms with E-state index in [1.54, 1.807) is 0 Å². The summed E-state index contributed by atoms with van der Waals surface area (Å²) in [6.45, 7) is 1.46. The van der Waals surface area contributed by atoms with Gasteiger partial charge in [0.2, 0.25) is 5.88 Å². The molecule has 0 bridgehead atoms. The molecule has 2 aromatic rings. The number of nitrogens with zero attached hydrogens (tertiary/aromatic N) is 3. The van der Waals surface area contributed by atoms with E-state index in [9.17, 15) is 28.4 Å². The summed E-state index contributed by atoms with van der Waals surface area (Å²) in [5, 5.41) is 20.5. The lowest BCUT2D eigenvalue weighted by atomic mass is 10.0. The first-order chi connectivity index (χ1) is 16.1. The van der Waals surface area contributed by atoms with Crippen molar-refractivity contribution in [3.63, 3.8) is 0 Å². The van der Waals surface area contributed by atoms with Crippen LogP contribution in [0.2, 0.25) is 0 Å². The predicted octanol–water partition coefficient (Wildman–Crippen LogP) is 1.65. The number of hydrogen-bond donors (Lipinski definition) is 1. The third-order valence-electron chi connectivity index (χ3n) is 5.61. The van der Waals surface area contributed by atoms with Crippen LogP contribution in [0.5, 0.6) is 17.4 Å². The van der Waals surface area contributed by atoms with Gasteiger partial charge in [-0.05, 0) is 18.9 Å². The van der Waals surface area contributed by atoms with Gasteiger partial charge in [-0.3, -0.25) is 14.4 Å². The van der Waals surface area contributed by atoms with Gasteiger partial charge >= 0.3 is 5.97 Å². The number of carbonyl (C=O) groups excluding carboxylic acids is 1. The zero-order valence-electron chi connectivity index (χ0n) is 19.0. The number of sulfone groups is 1. The molecule has 1 N–H and O–H groups in total. The van der Waals surface area contributed by atoms with E-state index in [1.165, 1.54) is 46.6 Å². The molecule has 2 heterocycles. The summed E-state index contributed by atoms with van der Waals surface area (Å²) in [4.78, 5) is 29.4. The van der Waals surface area contributed by atoms with E-state index in [1.807, 2.05) is 6.07 Å². The van der Waals surface area contributed by atoms with E-state index in [-0.39, 0.29) is 57.4 Å². The van der Waals surface area contributed by atoms with Crippen LogP contribution < -0.4 is 15.0 Å². The summed E-state index contributed by atoms with van der Waals surface area (Å²) < 4.78 is 40.1. The van der Waals surface area contributed by atoms with Crippen molar-refractivity contribution >= 4 is 27.7 Å². The maximum absolute atomic E-state index is 12.9.